The molecule has 1 amide bonds. The van der Waals surface area contributed by atoms with Crippen molar-refractivity contribution in [3.63, 3.8) is 0 Å². The van der Waals surface area contributed by atoms with Crippen molar-refractivity contribution in [2.75, 3.05) is 5.43 Å². The fourth-order valence-electron chi connectivity index (χ4n) is 1.90. The second-order valence-electron chi connectivity index (χ2n) is 4.70. The van der Waals surface area contributed by atoms with E-state index in [1.54, 1.807) is 18.2 Å². The molecule has 0 aliphatic rings. The molecule has 0 radical (unpaired) electrons. The van der Waals surface area contributed by atoms with E-state index in [2.05, 4.69) is 17.7 Å². The van der Waals surface area contributed by atoms with Gasteiger partial charge in [0.05, 0.1) is 11.3 Å². The predicted octanol–water partition coefficient (Wildman–Crippen LogP) is 3.32. The van der Waals surface area contributed by atoms with Gasteiger partial charge < -0.3 is 10.7 Å². The van der Waals surface area contributed by atoms with Crippen molar-refractivity contribution in [2.24, 2.45) is 5.84 Å². The molecule has 0 bridgehead atoms. The number of hydrazine groups is 1. The number of halogens is 1. The standard InChI is InChI=1S/C14H22ClN3O/c1-3-4-5-6-10(2)17-14(19)12-9-11(15)7-8-13(12)18-16/h7-10,18H,3-6,16H2,1-2H3,(H,17,19). The number of rotatable bonds is 7. The van der Waals surface area contributed by atoms with Crippen LogP contribution in [0.1, 0.15) is 49.9 Å². The lowest BCUT2D eigenvalue weighted by molar-refractivity contribution is 0.0938. The Hall–Kier alpha value is -1.26. The number of benzene rings is 1. The molecule has 19 heavy (non-hydrogen) atoms. The quantitative estimate of drug-likeness (QED) is 0.408. The molecule has 1 aromatic carbocycles. The van der Waals surface area contributed by atoms with E-state index < -0.39 is 0 Å². The van der Waals surface area contributed by atoms with Crippen LogP contribution in [0.5, 0.6) is 0 Å². The van der Waals surface area contributed by atoms with E-state index in [9.17, 15) is 4.79 Å². The number of hydrogen-bond donors (Lipinski definition) is 3. The summed E-state index contributed by atoms with van der Waals surface area (Å²) in [6.07, 6.45) is 4.46. The van der Waals surface area contributed by atoms with Crippen molar-refractivity contribution < 1.29 is 4.79 Å². The van der Waals surface area contributed by atoms with Crippen LogP contribution in [-0.2, 0) is 0 Å². The third-order valence-electron chi connectivity index (χ3n) is 3.00. The zero-order valence-corrected chi connectivity index (χ0v) is 12.3. The Morgan fingerprint density at radius 2 is 2.16 bits per heavy atom. The van der Waals surface area contributed by atoms with Gasteiger partial charge in [-0.25, -0.2) is 0 Å². The van der Waals surface area contributed by atoms with Gasteiger partial charge in [-0.2, -0.15) is 0 Å². The number of amides is 1. The Kier molecular flexibility index (Phi) is 6.67. The van der Waals surface area contributed by atoms with Gasteiger partial charge in [-0.05, 0) is 31.5 Å². The van der Waals surface area contributed by atoms with Gasteiger partial charge in [0.25, 0.3) is 5.91 Å². The van der Waals surface area contributed by atoms with Crippen molar-refractivity contribution in [2.45, 2.75) is 45.6 Å². The molecule has 1 rings (SSSR count). The molecule has 0 aliphatic carbocycles. The maximum absolute atomic E-state index is 12.2. The highest BCUT2D eigenvalue weighted by Gasteiger charge is 2.13. The molecule has 0 fully saturated rings. The molecule has 4 N–H and O–H groups in total. The van der Waals surface area contributed by atoms with Crippen LogP contribution in [0.25, 0.3) is 0 Å². The first-order valence-electron chi connectivity index (χ1n) is 6.65. The second kappa shape index (κ2) is 8.02. The molecule has 0 aromatic heterocycles. The molecule has 5 heteroatoms. The average molecular weight is 284 g/mol. The largest absolute Gasteiger partial charge is 0.350 e. The summed E-state index contributed by atoms with van der Waals surface area (Å²) in [4.78, 5) is 12.2. The molecular weight excluding hydrogens is 262 g/mol. The number of nitrogens with two attached hydrogens (primary N) is 1. The van der Waals surface area contributed by atoms with Crippen LogP contribution in [0.3, 0.4) is 0 Å². The Balaban J connectivity index is 2.64. The Morgan fingerprint density at radius 3 is 2.79 bits per heavy atom. The highest BCUT2D eigenvalue weighted by Crippen LogP contribution is 2.20. The SMILES string of the molecule is CCCCCC(C)NC(=O)c1cc(Cl)ccc1NN. The zero-order chi connectivity index (χ0) is 14.3. The third kappa shape index (κ3) is 5.09. The molecule has 1 atom stereocenters. The van der Waals surface area contributed by atoms with Gasteiger partial charge in [-0.1, -0.05) is 37.8 Å². The summed E-state index contributed by atoms with van der Waals surface area (Å²) in [5.74, 6) is 5.24. The first-order chi connectivity index (χ1) is 9.08. The summed E-state index contributed by atoms with van der Waals surface area (Å²) in [6, 6.07) is 5.14. The molecule has 106 valence electrons. The topological polar surface area (TPSA) is 67.2 Å². The fraction of sp³-hybridized carbons (Fsp3) is 0.500. The number of hydrogen-bond acceptors (Lipinski definition) is 3. The van der Waals surface area contributed by atoms with E-state index >= 15 is 0 Å². The van der Waals surface area contributed by atoms with Crippen LogP contribution in [0.2, 0.25) is 5.02 Å². The molecule has 1 unspecified atom stereocenters. The fourth-order valence-corrected chi connectivity index (χ4v) is 2.08. The summed E-state index contributed by atoms with van der Waals surface area (Å²) in [7, 11) is 0. The molecule has 0 spiro atoms. The summed E-state index contributed by atoms with van der Waals surface area (Å²) in [5.41, 5.74) is 3.55. The van der Waals surface area contributed by atoms with Crippen molar-refractivity contribution in [3.05, 3.63) is 28.8 Å². The Labute approximate surface area is 119 Å². The van der Waals surface area contributed by atoms with E-state index in [-0.39, 0.29) is 11.9 Å². The number of carbonyl (C=O) groups is 1. The van der Waals surface area contributed by atoms with Crippen molar-refractivity contribution >= 4 is 23.2 Å². The van der Waals surface area contributed by atoms with Gasteiger partial charge in [-0.15, -0.1) is 0 Å². The summed E-state index contributed by atoms with van der Waals surface area (Å²) < 4.78 is 0. The van der Waals surface area contributed by atoms with Gasteiger partial charge in [-0.3, -0.25) is 10.6 Å². The van der Waals surface area contributed by atoms with Gasteiger partial charge >= 0.3 is 0 Å². The van der Waals surface area contributed by atoms with E-state index in [1.165, 1.54) is 12.8 Å². The van der Waals surface area contributed by atoms with Crippen LogP contribution >= 0.6 is 11.6 Å². The lowest BCUT2D eigenvalue weighted by Gasteiger charge is -2.15. The smallest absolute Gasteiger partial charge is 0.253 e. The molecule has 4 nitrogen and oxygen atoms in total. The highest BCUT2D eigenvalue weighted by atomic mass is 35.5. The normalized spacial score (nSPS) is 12.0. The van der Waals surface area contributed by atoms with E-state index in [0.717, 1.165) is 12.8 Å². The Bertz CT molecular complexity index is 423. The molecule has 1 aromatic rings. The van der Waals surface area contributed by atoms with Gasteiger partial charge in [0, 0.05) is 11.1 Å². The maximum atomic E-state index is 12.2. The minimum Gasteiger partial charge on any atom is -0.350 e. The first-order valence-corrected chi connectivity index (χ1v) is 7.03. The number of carbonyl (C=O) groups excluding carboxylic acids is 1. The number of nitrogens with one attached hydrogen (secondary N) is 2. The van der Waals surface area contributed by atoms with E-state index in [1.807, 2.05) is 6.92 Å². The maximum Gasteiger partial charge on any atom is 0.253 e. The minimum atomic E-state index is -0.153. The Morgan fingerprint density at radius 1 is 1.42 bits per heavy atom. The lowest BCUT2D eigenvalue weighted by Crippen LogP contribution is -2.33. The summed E-state index contributed by atoms with van der Waals surface area (Å²) in [6.45, 7) is 4.17. The molecule has 0 saturated heterocycles. The van der Waals surface area contributed by atoms with Gasteiger partial charge in [0.15, 0.2) is 0 Å². The molecule has 0 saturated carbocycles. The van der Waals surface area contributed by atoms with Crippen LogP contribution < -0.4 is 16.6 Å². The molecular formula is C14H22ClN3O. The van der Waals surface area contributed by atoms with E-state index in [4.69, 9.17) is 17.4 Å². The van der Waals surface area contributed by atoms with Crippen LogP contribution in [0.4, 0.5) is 5.69 Å². The predicted molar refractivity (Wildman–Crippen MR) is 80.3 cm³/mol. The van der Waals surface area contributed by atoms with Crippen LogP contribution in [0, 0.1) is 0 Å². The van der Waals surface area contributed by atoms with Crippen molar-refractivity contribution in [1.82, 2.24) is 5.32 Å². The number of unbranched alkanes of at least 4 members (excludes halogenated alkanes) is 2. The minimum absolute atomic E-state index is 0.142. The third-order valence-corrected chi connectivity index (χ3v) is 3.24. The zero-order valence-electron chi connectivity index (χ0n) is 11.5. The van der Waals surface area contributed by atoms with Crippen molar-refractivity contribution in [1.29, 1.82) is 0 Å². The number of nitrogen functional groups attached to an aromatic ring is 1. The monoisotopic (exact) mass is 283 g/mol. The summed E-state index contributed by atoms with van der Waals surface area (Å²) in [5, 5.41) is 3.48. The first kappa shape index (κ1) is 15.8. The highest BCUT2D eigenvalue weighted by molar-refractivity contribution is 6.31. The van der Waals surface area contributed by atoms with Crippen LogP contribution in [0.15, 0.2) is 18.2 Å². The lowest BCUT2D eigenvalue weighted by atomic mass is 10.1. The average Bonchev–Trinajstić information content (AvgIpc) is 2.39. The second-order valence-corrected chi connectivity index (χ2v) is 5.14. The van der Waals surface area contributed by atoms with Gasteiger partial charge in [0.2, 0.25) is 0 Å². The van der Waals surface area contributed by atoms with E-state index in [0.29, 0.717) is 16.3 Å². The summed E-state index contributed by atoms with van der Waals surface area (Å²) >= 11 is 5.91. The molecule has 0 aliphatic heterocycles. The number of anilines is 1. The van der Waals surface area contributed by atoms with Gasteiger partial charge in [0.1, 0.15) is 0 Å². The molecule has 0 heterocycles. The van der Waals surface area contributed by atoms with Crippen LogP contribution in [-0.4, -0.2) is 11.9 Å². The van der Waals surface area contributed by atoms with Crippen molar-refractivity contribution in [3.8, 4) is 0 Å².